The maximum Gasteiger partial charge on any atom is 0.248 e. The molecule has 2 aromatic rings. The minimum Gasteiger partial charge on any atom is -0.370 e. The molecule has 0 radical (unpaired) electrons. The van der Waals surface area contributed by atoms with Crippen molar-refractivity contribution < 1.29 is 9.59 Å². The second-order valence-corrected chi connectivity index (χ2v) is 6.56. The van der Waals surface area contributed by atoms with E-state index in [9.17, 15) is 9.59 Å². The van der Waals surface area contributed by atoms with Crippen molar-refractivity contribution in [2.75, 3.05) is 23.3 Å². The molecule has 2 amide bonds. The second kappa shape index (κ2) is 9.39. The molecule has 5 N–H and O–H groups in total. The lowest BCUT2D eigenvalue weighted by atomic mass is 10.0. The molecule has 144 valence electrons. The fraction of sp³-hybridized carbons (Fsp3) is 0.300. The zero-order valence-corrected chi connectivity index (χ0v) is 15.9. The van der Waals surface area contributed by atoms with Gasteiger partial charge in [-0.3, -0.25) is 9.59 Å². The Balaban J connectivity index is 0.00000261. The molecule has 27 heavy (non-hydrogen) atoms. The summed E-state index contributed by atoms with van der Waals surface area (Å²) in [5, 5.41) is 2.91. The van der Waals surface area contributed by atoms with Crippen molar-refractivity contribution in [2.24, 2.45) is 11.5 Å². The third kappa shape index (κ3) is 5.21. The molecule has 1 heterocycles. The Bertz CT molecular complexity index is 792. The summed E-state index contributed by atoms with van der Waals surface area (Å²) in [6, 6.07) is 14.3. The van der Waals surface area contributed by atoms with Crippen molar-refractivity contribution in [1.29, 1.82) is 0 Å². The Labute approximate surface area is 165 Å². The van der Waals surface area contributed by atoms with Gasteiger partial charge < -0.3 is 21.7 Å². The number of hydrogen-bond donors (Lipinski definition) is 3. The number of nitrogens with zero attached hydrogens (tertiary/aromatic N) is 1. The van der Waals surface area contributed by atoms with E-state index in [1.807, 2.05) is 36.4 Å². The molecule has 7 heteroatoms. The number of carbonyl (C=O) groups excluding carboxylic acids is 2. The molecule has 1 fully saturated rings. The summed E-state index contributed by atoms with van der Waals surface area (Å²) in [6.07, 6.45) is 2.39. The number of primary amides is 1. The highest BCUT2D eigenvalue weighted by Gasteiger charge is 2.19. The Kier molecular flexibility index (Phi) is 7.21. The van der Waals surface area contributed by atoms with Crippen molar-refractivity contribution in [1.82, 2.24) is 0 Å². The topological polar surface area (TPSA) is 101 Å². The standard InChI is InChI=1S/C20H24N4O2.ClH/c21-16(14-6-2-1-3-7-14)13-19(25)23-17-12-15(20(22)26)8-9-18(17)24-10-4-5-11-24;/h1-3,6-9,12,16H,4-5,10-11,13,21H2,(H2,22,26)(H,23,25);1H. The number of anilines is 2. The fourth-order valence-corrected chi connectivity index (χ4v) is 3.24. The first-order chi connectivity index (χ1) is 12.5. The van der Waals surface area contributed by atoms with Crippen molar-refractivity contribution in [2.45, 2.75) is 25.3 Å². The molecule has 1 atom stereocenters. The van der Waals surface area contributed by atoms with E-state index in [4.69, 9.17) is 11.5 Å². The van der Waals surface area contributed by atoms with Gasteiger partial charge in [0.1, 0.15) is 0 Å². The number of nitrogens with two attached hydrogens (primary N) is 2. The van der Waals surface area contributed by atoms with Gasteiger partial charge in [-0.2, -0.15) is 0 Å². The van der Waals surface area contributed by atoms with Crippen molar-refractivity contribution in [3.05, 3.63) is 59.7 Å². The average molecular weight is 389 g/mol. The van der Waals surface area contributed by atoms with Crippen LogP contribution in [0.3, 0.4) is 0 Å². The van der Waals surface area contributed by atoms with Crippen LogP contribution >= 0.6 is 12.4 Å². The predicted octanol–water partition coefficient (Wildman–Crippen LogP) is 2.84. The van der Waals surface area contributed by atoms with E-state index in [-0.39, 0.29) is 30.8 Å². The lowest BCUT2D eigenvalue weighted by Crippen LogP contribution is -2.24. The minimum absolute atomic E-state index is 0. The fourth-order valence-electron chi connectivity index (χ4n) is 3.24. The normalized spacial score (nSPS) is 14.3. The smallest absolute Gasteiger partial charge is 0.248 e. The van der Waals surface area contributed by atoms with Crippen LogP contribution in [0, 0.1) is 0 Å². The van der Waals surface area contributed by atoms with Gasteiger partial charge in [-0.05, 0) is 36.6 Å². The molecular formula is C20H25ClN4O2. The van der Waals surface area contributed by atoms with Gasteiger partial charge in [-0.25, -0.2) is 0 Å². The number of amides is 2. The molecule has 0 spiro atoms. The summed E-state index contributed by atoms with van der Waals surface area (Å²) in [4.78, 5) is 26.2. The van der Waals surface area contributed by atoms with Crippen LogP contribution in [0.1, 0.15) is 41.2 Å². The third-order valence-electron chi connectivity index (χ3n) is 4.63. The van der Waals surface area contributed by atoms with Gasteiger partial charge in [-0.15, -0.1) is 12.4 Å². The average Bonchev–Trinajstić information content (AvgIpc) is 3.16. The molecule has 0 bridgehead atoms. The quantitative estimate of drug-likeness (QED) is 0.708. The van der Waals surface area contributed by atoms with Gasteiger partial charge in [-0.1, -0.05) is 30.3 Å². The van der Waals surface area contributed by atoms with E-state index in [1.54, 1.807) is 12.1 Å². The van der Waals surface area contributed by atoms with Crippen LogP contribution in [0.4, 0.5) is 11.4 Å². The Morgan fingerprint density at radius 3 is 2.37 bits per heavy atom. The van der Waals surface area contributed by atoms with E-state index in [2.05, 4.69) is 10.2 Å². The van der Waals surface area contributed by atoms with Crippen molar-refractivity contribution in [3.8, 4) is 0 Å². The lowest BCUT2D eigenvalue weighted by Gasteiger charge is -2.22. The molecular weight excluding hydrogens is 364 g/mol. The first kappa shape index (κ1) is 20.7. The summed E-state index contributed by atoms with van der Waals surface area (Å²) < 4.78 is 0. The number of nitrogens with one attached hydrogen (secondary N) is 1. The van der Waals surface area contributed by atoms with Gasteiger partial charge in [0.2, 0.25) is 11.8 Å². The summed E-state index contributed by atoms with van der Waals surface area (Å²) in [6.45, 7) is 1.87. The van der Waals surface area contributed by atoms with Crippen LogP contribution in [-0.4, -0.2) is 24.9 Å². The van der Waals surface area contributed by atoms with E-state index in [0.717, 1.165) is 37.2 Å². The summed E-state index contributed by atoms with van der Waals surface area (Å²) >= 11 is 0. The molecule has 0 saturated carbocycles. The van der Waals surface area contributed by atoms with Gasteiger partial charge in [0.25, 0.3) is 0 Å². The zero-order chi connectivity index (χ0) is 18.5. The van der Waals surface area contributed by atoms with Crippen LogP contribution in [0.25, 0.3) is 0 Å². The van der Waals surface area contributed by atoms with Crippen LogP contribution in [0.5, 0.6) is 0 Å². The molecule has 1 unspecified atom stereocenters. The SMILES string of the molecule is Cl.NC(=O)c1ccc(N2CCCC2)c(NC(=O)CC(N)c2ccccc2)c1. The Hall–Kier alpha value is -2.57. The molecule has 1 aliphatic rings. The van der Waals surface area contributed by atoms with Gasteiger partial charge in [0.15, 0.2) is 0 Å². The van der Waals surface area contributed by atoms with Gasteiger partial charge in [0, 0.05) is 31.1 Å². The highest BCUT2D eigenvalue weighted by molar-refractivity contribution is 5.99. The number of carbonyl (C=O) groups is 2. The predicted molar refractivity (Wildman–Crippen MR) is 110 cm³/mol. The maximum atomic E-state index is 12.5. The Morgan fingerprint density at radius 2 is 1.74 bits per heavy atom. The largest absolute Gasteiger partial charge is 0.370 e. The molecule has 0 aromatic heterocycles. The number of benzene rings is 2. The van der Waals surface area contributed by atoms with Crippen LogP contribution < -0.4 is 21.7 Å². The van der Waals surface area contributed by atoms with Crippen LogP contribution in [-0.2, 0) is 4.79 Å². The molecule has 2 aromatic carbocycles. The van der Waals surface area contributed by atoms with Crippen LogP contribution in [0.15, 0.2) is 48.5 Å². The van der Waals surface area contributed by atoms with Crippen LogP contribution in [0.2, 0.25) is 0 Å². The summed E-state index contributed by atoms with van der Waals surface area (Å²) in [5.41, 5.74) is 14.3. The molecule has 1 aliphatic heterocycles. The van der Waals surface area contributed by atoms with E-state index in [0.29, 0.717) is 11.3 Å². The number of hydrogen-bond acceptors (Lipinski definition) is 4. The Morgan fingerprint density at radius 1 is 1.07 bits per heavy atom. The van der Waals surface area contributed by atoms with Gasteiger partial charge in [0.05, 0.1) is 11.4 Å². The second-order valence-electron chi connectivity index (χ2n) is 6.56. The zero-order valence-electron chi connectivity index (χ0n) is 15.1. The lowest BCUT2D eigenvalue weighted by molar-refractivity contribution is -0.116. The molecule has 3 rings (SSSR count). The van der Waals surface area contributed by atoms with Crippen molar-refractivity contribution >= 4 is 35.6 Å². The highest BCUT2D eigenvalue weighted by atomic mass is 35.5. The first-order valence-corrected chi connectivity index (χ1v) is 8.84. The first-order valence-electron chi connectivity index (χ1n) is 8.84. The molecule has 0 aliphatic carbocycles. The summed E-state index contributed by atoms with van der Waals surface area (Å²) in [7, 11) is 0. The highest BCUT2D eigenvalue weighted by Crippen LogP contribution is 2.30. The number of rotatable bonds is 6. The van der Waals surface area contributed by atoms with Crippen molar-refractivity contribution in [3.63, 3.8) is 0 Å². The monoisotopic (exact) mass is 388 g/mol. The van der Waals surface area contributed by atoms with Gasteiger partial charge >= 0.3 is 0 Å². The van der Waals surface area contributed by atoms with E-state index >= 15 is 0 Å². The maximum absolute atomic E-state index is 12.5. The van der Waals surface area contributed by atoms with E-state index < -0.39 is 5.91 Å². The molecule has 6 nitrogen and oxygen atoms in total. The molecule has 1 saturated heterocycles. The van der Waals surface area contributed by atoms with E-state index in [1.165, 1.54) is 0 Å². The third-order valence-corrected chi connectivity index (χ3v) is 4.63. The summed E-state index contributed by atoms with van der Waals surface area (Å²) in [5.74, 6) is -0.710. The minimum atomic E-state index is -0.519. The number of halogens is 1.